The molecule has 0 saturated heterocycles. The van der Waals surface area contributed by atoms with Gasteiger partial charge in [-0.1, -0.05) is 24.3 Å². The van der Waals surface area contributed by atoms with Crippen molar-refractivity contribution in [2.24, 2.45) is 5.73 Å². The standard InChI is InChI=1S/C18H22FN3O/c1-22(2)17(14-7-9-16(19)10-8-14)12-21-18(23)15-5-3-13(11-20)4-6-15/h3-10,17H,11-12,20H2,1-2H3,(H,21,23). The molecule has 0 aliphatic rings. The summed E-state index contributed by atoms with van der Waals surface area (Å²) in [6.07, 6.45) is 0. The summed E-state index contributed by atoms with van der Waals surface area (Å²) in [4.78, 5) is 14.2. The lowest BCUT2D eigenvalue weighted by molar-refractivity contribution is 0.0942. The van der Waals surface area contributed by atoms with Crippen molar-refractivity contribution in [3.8, 4) is 0 Å². The molecule has 2 rings (SSSR count). The Labute approximate surface area is 136 Å². The van der Waals surface area contributed by atoms with Crippen molar-refractivity contribution < 1.29 is 9.18 Å². The molecule has 1 unspecified atom stereocenters. The minimum atomic E-state index is -0.268. The number of hydrogen-bond acceptors (Lipinski definition) is 3. The fourth-order valence-electron chi connectivity index (χ4n) is 2.37. The predicted molar refractivity (Wildman–Crippen MR) is 89.5 cm³/mol. The summed E-state index contributed by atoms with van der Waals surface area (Å²) in [5.74, 6) is -0.405. The first-order valence-electron chi connectivity index (χ1n) is 7.50. The van der Waals surface area contributed by atoms with E-state index in [1.807, 2.05) is 31.1 Å². The largest absolute Gasteiger partial charge is 0.350 e. The van der Waals surface area contributed by atoms with Gasteiger partial charge in [-0.15, -0.1) is 0 Å². The lowest BCUT2D eigenvalue weighted by Crippen LogP contribution is -2.34. The number of nitrogens with zero attached hydrogens (tertiary/aromatic N) is 1. The third-order valence-electron chi connectivity index (χ3n) is 3.79. The van der Waals surface area contributed by atoms with Crippen LogP contribution in [0, 0.1) is 5.82 Å². The maximum atomic E-state index is 13.1. The zero-order valence-corrected chi connectivity index (χ0v) is 13.4. The molecule has 2 aromatic rings. The zero-order chi connectivity index (χ0) is 16.8. The fourth-order valence-corrected chi connectivity index (χ4v) is 2.37. The van der Waals surface area contributed by atoms with E-state index in [-0.39, 0.29) is 17.8 Å². The average Bonchev–Trinajstić information content (AvgIpc) is 2.56. The molecule has 0 heterocycles. The highest BCUT2D eigenvalue weighted by atomic mass is 19.1. The molecule has 0 spiro atoms. The molecule has 2 aromatic carbocycles. The van der Waals surface area contributed by atoms with Crippen LogP contribution in [-0.2, 0) is 6.54 Å². The number of rotatable bonds is 6. The van der Waals surface area contributed by atoms with Gasteiger partial charge in [-0.05, 0) is 49.5 Å². The summed E-state index contributed by atoms with van der Waals surface area (Å²) in [6, 6.07) is 13.5. The molecule has 3 N–H and O–H groups in total. The maximum absolute atomic E-state index is 13.1. The summed E-state index contributed by atoms with van der Waals surface area (Å²) < 4.78 is 13.1. The smallest absolute Gasteiger partial charge is 0.251 e. The molecule has 0 aromatic heterocycles. The Morgan fingerprint density at radius 2 is 1.74 bits per heavy atom. The summed E-state index contributed by atoms with van der Waals surface area (Å²) >= 11 is 0. The Bertz CT molecular complexity index is 638. The van der Waals surface area contributed by atoms with Gasteiger partial charge >= 0.3 is 0 Å². The molecule has 23 heavy (non-hydrogen) atoms. The predicted octanol–water partition coefficient (Wildman–Crippen LogP) is 2.32. The number of hydrogen-bond donors (Lipinski definition) is 2. The number of carbonyl (C=O) groups is 1. The summed E-state index contributed by atoms with van der Waals surface area (Å²) in [5, 5.41) is 2.93. The molecule has 0 bridgehead atoms. The van der Waals surface area contributed by atoms with E-state index in [2.05, 4.69) is 5.32 Å². The second kappa shape index (κ2) is 7.85. The van der Waals surface area contributed by atoms with E-state index in [0.717, 1.165) is 11.1 Å². The SMILES string of the molecule is CN(C)C(CNC(=O)c1ccc(CN)cc1)c1ccc(F)cc1. The van der Waals surface area contributed by atoms with Crippen molar-refractivity contribution in [2.45, 2.75) is 12.6 Å². The number of nitrogens with two attached hydrogens (primary N) is 1. The van der Waals surface area contributed by atoms with E-state index in [1.165, 1.54) is 12.1 Å². The van der Waals surface area contributed by atoms with Crippen molar-refractivity contribution in [1.82, 2.24) is 10.2 Å². The molecular formula is C18H22FN3O. The quantitative estimate of drug-likeness (QED) is 0.860. The molecular weight excluding hydrogens is 293 g/mol. The molecule has 1 atom stereocenters. The lowest BCUT2D eigenvalue weighted by Gasteiger charge is -2.25. The molecule has 0 aliphatic heterocycles. The van der Waals surface area contributed by atoms with Gasteiger partial charge in [0.2, 0.25) is 0 Å². The van der Waals surface area contributed by atoms with Crippen LogP contribution in [0.4, 0.5) is 4.39 Å². The van der Waals surface area contributed by atoms with Crippen LogP contribution in [0.15, 0.2) is 48.5 Å². The summed E-state index contributed by atoms with van der Waals surface area (Å²) in [5.41, 5.74) is 8.09. The van der Waals surface area contributed by atoms with E-state index in [4.69, 9.17) is 5.73 Å². The van der Waals surface area contributed by atoms with Gasteiger partial charge in [-0.25, -0.2) is 4.39 Å². The van der Waals surface area contributed by atoms with Crippen LogP contribution in [0.3, 0.4) is 0 Å². The first kappa shape index (κ1) is 17.1. The van der Waals surface area contributed by atoms with Crippen LogP contribution in [-0.4, -0.2) is 31.4 Å². The van der Waals surface area contributed by atoms with Crippen LogP contribution in [0.25, 0.3) is 0 Å². The van der Waals surface area contributed by atoms with E-state index in [9.17, 15) is 9.18 Å². The number of amides is 1. The molecule has 0 fully saturated rings. The zero-order valence-electron chi connectivity index (χ0n) is 13.4. The van der Waals surface area contributed by atoms with Gasteiger partial charge in [0.25, 0.3) is 5.91 Å². The Kier molecular flexibility index (Phi) is 5.84. The Morgan fingerprint density at radius 1 is 1.13 bits per heavy atom. The summed E-state index contributed by atoms with van der Waals surface area (Å²) in [7, 11) is 3.85. The molecule has 122 valence electrons. The Hall–Kier alpha value is -2.24. The van der Waals surface area contributed by atoms with Gasteiger partial charge in [-0.3, -0.25) is 4.79 Å². The minimum absolute atomic E-state index is 0.0251. The normalized spacial score (nSPS) is 12.2. The van der Waals surface area contributed by atoms with Crippen LogP contribution in [0.5, 0.6) is 0 Å². The minimum Gasteiger partial charge on any atom is -0.350 e. The second-order valence-corrected chi connectivity index (χ2v) is 5.64. The first-order valence-corrected chi connectivity index (χ1v) is 7.50. The highest BCUT2D eigenvalue weighted by molar-refractivity contribution is 5.94. The highest BCUT2D eigenvalue weighted by Gasteiger charge is 2.16. The van der Waals surface area contributed by atoms with Gasteiger partial charge in [-0.2, -0.15) is 0 Å². The van der Waals surface area contributed by atoms with Gasteiger partial charge < -0.3 is 16.0 Å². The first-order chi connectivity index (χ1) is 11.0. The second-order valence-electron chi connectivity index (χ2n) is 5.64. The number of likely N-dealkylation sites (N-methyl/N-ethyl adjacent to an activating group) is 1. The van der Waals surface area contributed by atoms with E-state index in [1.54, 1.807) is 24.3 Å². The molecule has 5 heteroatoms. The molecule has 0 radical (unpaired) electrons. The van der Waals surface area contributed by atoms with Crippen LogP contribution in [0.1, 0.15) is 27.5 Å². The highest BCUT2D eigenvalue weighted by Crippen LogP contribution is 2.18. The van der Waals surface area contributed by atoms with E-state index < -0.39 is 0 Å². The van der Waals surface area contributed by atoms with Crippen molar-refractivity contribution in [1.29, 1.82) is 0 Å². The number of benzene rings is 2. The van der Waals surface area contributed by atoms with Crippen LogP contribution >= 0.6 is 0 Å². The summed E-state index contributed by atoms with van der Waals surface area (Å²) in [6.45, 7) is 0.894. The van der Waals surface area contributed by atoms with Crippen LogP contribution < -0.4 is 11.1 Å². The number of halogens is 1. The van der Waals surface area contributed by atoms with Crippen molar-refractivity contribution in [2.75, 3.05) is 20.6 Å². The maximum Gasteiger partial charge on any atom is 0.251 e. The Morgan fingerprint density at radius 3 is 2.26 bits per heavy atom. The van der Waals surface area contributed by atoms with Crippen molar-refractivity contribution in [3.05, 3.63) is 71.0 Å². The van der Waals surface area contributed by atoms with Crippen molar-refractivity contribution >= 4 is 5.91 Å². The van der Waals surface area contributed by atoms with Crippen LogP contribution in [0.2, 0.25) is 0 Å². The van der Waals surface area contributed by atoms with Gasteiger partial charge in [0.1, 0.15) is 5.82 Å². The number of carbonyl (C=O) groups excluding carboxylic acids is 1. The third-order valence-corrected chi connectivity index (χ3v) is 3.79. The topological polar surface area (TPSA) is 58.4 Å². The molecule has 0 aliphatic carbocycles. The number of nitrogens with one attached hydrogen (secondary N) is 1. The molecule has 4 nitrogen and oxygen atoms in total. The van der Waals surface area contributed by atoms with Gasteiger partial charge in [0.15, 0.2) is 0 Å². The third kappa shape index (κ3) is 4.61. The average molecular weight is 315 g/mol. The van der Waals surface area contributed by atoms with Crippen molar-refractivity contribution in [3.63, 3.8) is 0 Å². The van der Waals surface area contributed by atoms with Gasteiger partial charge in [0, 0.05) is 18.7 Å². The van der Waals surface area contributed by atoms with E-state index >= 15 is 0 Å². The lowest BCUT2D eigenvalue weighted by atomic mass is 10.1. The molecule has 1 amide bonds. The fraction of sp³-hybridized carbons (Fsp3) is 0.278. The molecule has 0 saturated carbocycles. The Balaban J connectivity index is 2.03. The van der Waals surface area contributed by atoms with Gasteiger partial charge in [0.05, 0.1) is 6.04 Å². The van der Waals surface area contributed by atoms with E-state index in [0.29, 0.717) is 18.7 Å². The monoisotopic (exact) mass is 315 g/mol.